The molecule has 0 radical (unpaired) electrons. The average molecular weight is 213 g/mol. The number of rotatable bonds is 10. The van der Waals surface area contributed by atoms with E-state index in [1.165, 1.54) is 25.7 Å². The molecule has 0 heterocycles. The van der Waals surface area contributed by atoms with E-state index in [1.807, 2.05) is 0 Å². The largest absolute Gasteiger partial charge is 0.369 e. The number of primary amides is 1. The molecule has 1 atom stereocenters. The van der Waals surface area contributed by atoms with Crippen LogP contribution in [0.4, 0.5) is 0 Å². The lowest BCUT2D eigenvalue weighted by molar-refractivity contribution is -0.122. The number of nitrogens with two attached hydrogens (primary N) is 1. The van der Waals surface area contributed by atoms with Gasteiger partial charge in [-0.1, -0.05) is 58.8 Å². The van der Waals surface area contributed by atoms with Gasteiger partial charge in [0.25, 0.3) is 0 Å². The fourth-order valence-corrected chi connectivity index (χ4v) is 1.87. The van der Waals surface area contributed by atoms with Crippen LogP contribution < -0.4 is 5.73 Å². The Hall–Kier alpha value is -0.530. The minimum Gasteiger partial charge on any atom is -0.369 e. The van der Waals surface area contributed by atoms with Crippen molar-refractivity contribution in [2.24, 2.45) is 11.7 Å². The summed E-state index contributed by atoms with van der Waals surface area (Å²) < 4.78 is 0. The molecule has 0 fully saturated rings. The topological polar surface area (TPSA) is 43.1 Å². The van der Waals surface area contributed by atoms with Gasteiger partial charge in [-0.3, -0.25) is 4.79 Å². The highest BCUT2D eigenvalue weighted by Gasteiger charge is 2.13. The van der Waals surface area contributed by atoms with Crippen LogP contribution in [0.2, 0.25) is 0 Å². The van der Waals surface area contributed by atoms with Crippen molar-refractivity contribution >= 4 is 5.91 Å². The third-order valence-electron chi connectivity index (χ3n) is 2.96. The fraction of sp³-hybridized carbons (Fsp3) is 0.923. The zero-order valence-electron chi connectivity index (χ0n) is 10.4. The molecule has 2 N–H and O–H groups in total. The van der Waals surface area contributed by atoms with Crippen LogP contribution in [0.1, 0.15) is 71.6 Å². The van der Waals surface area contributed by atoms with Gasteiger partial charge < -0.3 is 5.73 Å². The molecule has 0 aromatic heterocycles. The van der Waals surface area contributed by atoms with Crippen molar-refractivity contribution < 1.29 is 4.79 Å². The summed E-state index contributed by atoms with van der Waals surface area (Å²) in [7, 11) is 0. The summed E-state index contributed by atoms with van der Waals surface area (Å²) in [4.78, 5) is 11.1. The monoisotopic (exact) mass is 213 g/mol. The molecule has 0 aromatic carbocycles. The first kappa shape index (κ1) is 14.5. The van der Waals surface area contributed by atoms with E-state index in [9.17, 15) is 4.79 Å². The minimum atomic E-state index is -0.0982. The van der Waals surface area contributed by atoms with Crippen LogP contribution in [0.3, 0.4) is 0 Å². The summed E-state index contributed by atoms with van der Waals surface area (Å²) in [5, 5.41) is 0. The lowest BCUT2D eigenvalue weighted by Gasteiger charge is -2.12. The van der Waals surface area contributed by atoms with E-state index >= 15 is 0 Å². The standard InChI is InChI=1S/C13H27NO/c1-3-5-7-8-9-11-12(13(14)15)10-6-4-2/h12H,3-11H2,1-2H3,(H2,14,15)/t12-/m1/s1. The van der Waals surface area contributed by atoms with Crippen molar-refractivity contribution in [3.63, 3.8) is 0 Å². The van der Waals surface area contributed by atoms with Crippen molar-refractivity contribution in [1.29, 1.82) is 0 Å². The van der Waals surface area contributed by atoms with Gasteiger partial charge in [-0.05, 0) is 12.8 Å². The Balaban J connectivity index is 3.53. The average Bonchev–Trinajstić information content (AvgIpc) is 2.21. The van der Waals surface area contributed by atoms with E-state index in [1.54, 1.807) is 0 Å². The molecule has 90 valence electrons. The van der Waals surface area contributed by atoms with Crippen LogP contribution in [-0.4, -0.2) is 5.91 Å². The van der Waals surface area contributed by atoms with Gasteiger partial charge in [-0.25, -0.2) is 0 Å². The number of carbonyl (C=O) groups is 1. The molecular weight excluding hydrogens is 186 g/mol. The van der Waals surface area contributed by atoms with E-state index < -0.39 is 0 Å². The molecule has 0 spiro atoms. The molecule has 0 unspecified atom stereocenters. The molecule has 2 nitrogen and oxygen atoms in total. The lowest BCUT2D eigenvalue weighted by atomic mass is 9.94. The molecule has 0 aliphatic heterocycles. The molecule has 1 amide bonds. The number of hydrogen-bond acceptors (Lipinski definition) is 1. The summed E-state index contributed by atoms with van der Waals surface area (Å²) in [6, 6.07) is 0. The molecule has 0 aliphatic rings. The van der Waals surface area contributed by atoms with E-state index in [4.69, 9.17) is 5.73 Å². The summed E-state index contributed by atoms with van der Waals surface area (Å²) in [5.74, 6) is 0.0329. The molecule has 0 rings (SSSR count). The van der Waals surface area contributed by atoms with Crippen LogP contribution in [0.25, 0.3) is 0 Å². The Bertz CT molecular complexity index is 157. The number of amides is 1. The molecular formula is C13H27NO. The van der Waals surface area contributed by atoms with Gasteiger partial charge in [-0.15, -0.1) is 0 Å². The van der Waals surface area contributed by atoms with Gasteiger partial charge in [0.15, 0.2) is 0 Å². The van der Waals surface area contributed by atoms with Gasteiger partial charge in [-0.2, -0.15) is 0 Å². The first-order valence-electron chi connectivity index (χ1n) is 6.51. The smallest absolute Gasteiger partial charge is 0.220 e. The second-order valence-corrected chi connectivity index (χ2v) is 4.44. The molecule has 15 heavy (non-hydrogen) atoms. The van der Waals surface area contributed by atoms with Crippen LogP contribution in [0, 0.1) is 5.92 Å². The van der Waals surface area contributed by atoms with Crippen molar-refractivity contribution in [1.82, 2.24) is 0 Å². The summed E-state index contributed by atoms with van der Waals surface area (Å²) in [6.45, 7) is 4.37. The van der Waals surface area contributed by atoms with Crippen LogP contribution in [0.5, 0.6) is 0 Å². The van der Waals surface area contributed by atoms with Crippen LogP contribution >= 0.6 is 0 Å². The molecule has 0 saturated carbocycles. The first-order chi connectivity index (χ1) is 7.22. The Morgan fingerprint density at radius 1 is 0.933 bits per heavy atom. The third kappa shape index (κ3) is 8.46. The normalized spacial score (nSPS) is 12.7. The second kappa shape index (κ2) is 10.0. The SMILES string of the molecule is CCCCCCC[C@@H](CCCC)C(N)=O. The second-order valence-electron chi connectivity index (χ2n) is 4.44. The third-order valence-corrected chi connectivity index (χ3v) is 2.96. The zero-order chi connectivity index (χ0) is 11.5. The summed E-state index contributed by atoms with van der Waals surface area (Å²) >= 11 is 0. The zero-order valence-corrected chi connectivity index (χ0v) is 10.4. The molecule has 0 bridgehead atoms. The lowest BCUT2D eigenvalue weighted by Crippen LogP contribution is -2.23. The van der Waals surface area contributed by atoms with Gasteiger partial charge >= 0.3 is 0 Å². The number of carbonyl (C=O) groups excluding carboxylic acids is 1. The van der Waals surface area contributed by atoms with Gasteiger partial charge in [0.2, 0.25) is 5.91 Å². The predicted octanol–water partition coefficient (Wildman–Crippen LogP) is 3.64. The summed E-state index contributed by atoms with van der Waals surface area (Å²) in [6.07, 6.45) is 10.6. The Morgan fingerprint density at radius 3 is 2.00 bits per heavy atom. The van der Waals surface area contributed by atoms with E-state index in [-0.39, 0.29) is 11.8 Å². The van der Waals surface area contributed by atoms with Gasteiger partial charge in [0.05, 0.1) is 0 Å². The van der Waals surface area contributed by atoms with Gasteiger partial charge in [0.1, 0.15) is 0 Å². The highest BCUT2D eigenvalue weighted by Crippen LogP contribution is 2.17. The predicted molar refractivity (Wildman–Crippen MR) is 65.6 cm³/mol. The maximum absolute atomic E-state index is 11.1. The van der Waals surface area contributed by atoms with E-state index in [0.717, 1.165) is 32.1 Å². The van der Waals surface area contributed by atoms with Crippen molar-refractivity contribution in [3.05, 3.63) is 0 Å². The first-order valence-corrected chi connectivity index (χ1v) is 6.51. The molecule has 0 aliphatic carbocycles. The molecule has 2 heteroatoms. The summed E-state index contributed by atoms with van der Waals surface area (Å²) in [5.41, 5.74) is 5.38. The Labute approximate surface area is 94.6 Å². The Morgan fingerprint density at radius 2 is 1.47 bits per heavy atom. The van der Waals surface area contributed by atoms with Crippen molar-refractivity contribution in [2.45, 2.75) is 71.6 Å². The van der Waals surface area contributed by atoms with Crippen LogP contribution in [-0.2, 0) is 4.79 Å². The van der Waals surface area contributed by atoms with E-state index in [0.29, 0.717) is 0 Å². The number of unbranched alkanes of at least 4 members (excludes halogenated alkanes) is 5. The molecule has 0 saturated heterocycles. The maximum atomic E-state index is 11.1. The number of hydrogen-bond donors (Lipinski definition) is 1. The van der Waals surface area contributed by atoms with Gasteiger partial charge in [0, 0.05) is 5.92 Å². The minimum absolute atomic E-state index is 0.0982. The fourth-order valence-electron chi connectivity index (χ4n) is 1.87. The maximum Gasteiger partial charge on any atom is 0.220 e. The van der Waals surface area contributed by atoms with Crippen LogP contribution in [0.15, 0.2) is 0 Å². The van der Waals surface area contributed by atoms with Crippen molar-refractivity contribution in [2.75, 3.05) is 0 Å². The quantitative estimate of drug-likeness (QED) is 0.553. The Kier molecular flexibility index (Phi) is 9.65. The molecule has 0 aromatic rings. The highest BCUT2D eigenvalue weighted by atomic mass is 16.1. The van der Waals surface area contributed by atoms with E-state index in [2.05, 4.69) is 13.8 Å². The highest BCUT2D eigenvalue weighted by molar-refractivity contribution is 5.76. The van der Waals surface area contributed by atoms with Crippen molar-refractivity contribution in [3.8, 4) is 0 Å².